The number of carboxylic acid groups (broad SMARTS) is 1. The summed E-state index contributed by atoms with van der Waals surface area (Å²) in [6, 6.07) is 0. The van der Waals surface area contributed by atoms with Crippen LogP contribution < -0.4 is 0 Å². The monoisotopic (exact) mass is 252 g/mol. The van der Waals surface area contributed by atoms with Gasteiger partial charge in [-0.3, -0.25) is 9.59 Å². The van der Waals surface area contributed by atoms with Gasteiger partial charge in [-0.15, -0.1) is 0 Å². The Labute approximate surface area is 100 Å². The molecule has 0 amide bonds. The number of aliphatic carboxylic acids is 1. The lowest BCUT2D eigenvalue weighted by Gasteiger charge is -2.14. The van der Waals surface area contributed by atoms with Crippen LogP contribution in [0.1, 0.15) is 20.3 Å². The molecule has 2 atom stereocenters. The molecule has 0 spiro atoms. The average Bonchev–Trinajstić information content (AvgIpc) is 2.14. The molecule has 0 heterocycles. The first kappa shape index (κ1) is 14.6. The fourth-order valence-corrected chi connectivity index (χ4v) is 1.07. The summed E-state index contributed by atoms with van der Waals surface area (Å²) in [4.78, 5) is 21.8. The van der Waals surface area contributed by atoms with Crippen molar-refractivity contribution in [2.45, 2.75) is 30.8 Å². The number of rotatable bonds is 6. The molecule has 0 aliphatic heterocycles. The van der Waals surface area contributed by atoms with Crippen molar-refractivity contribution in [1.82, 2.24) is 0 Å². The highest BCUT2D eigenvalue weighted by atomic mass is 32.1. The highest BCUT2D eigenvalue weighted by molar-refractivity contribution is 7.86. The standard InChI is InChI=1S/C9H16O4S2/c1-5(2)3-4-13-9(12)7(15)6(14)8(10)11/h5-7,14-15H,3-4H2,1-2H3,(H,10,11). The molecule has 15 heavy (non-hydrogen) atoms. The summed E-state index contributed by atoms with van der Waals surface area (Å²) in [5, 5.41) is 6.41. The van der Waals surface area contributed by atoms with E-state index in [0.29, 0.717) is 5.92 Å². The van der Waals surface area contributed by atoms with Crippen molar-refractivity contribution in [3.8, 4) is 0 Å². The third-order valence-electron chi connectivity index (χ3n) is 1.73. The van der Waals surface area contributed by atoms with E-state index >= 15 is 0 Å². The van der Waals surface area contributed by atoms with E-state index in [4.69, 9.17) is 9.84 Å². The lowest BCUT2D eigenvalue weighted by molar-refractivity contribution is -0.146. The van der Waals surface area contributed by atoms with Gasteiger partial charge in [-0.1, -0.05) is 13.8 Å². The van der Waals surface area contributed by atoms with Crippen molar-refractivity contribution >= 4 is 37.2 Å². The maximum absolute atomic E-state index is 11.3. The van der Waals surface area contributed by atoms with Gasteiger partial charge in [-0.25, -0.2) is 0 Å². The van der Waals surface area contributed by atoms with E-state index in [9.17, 15) is 9.59 Å². The quantitative estimate of drug-likeness (QED) is 0.492. The summed E-state index contributed by atoms with van der Waals surface area (Å²) in [6.45, 7) is 4.29. The van der Waals surface area contributed by atoms with Gasteiger partial charge in [0.1, 0.15) is 10.5 Å². The molecule has 0 aliphatic carbocycles. The summed E-state index contributed by atoms with van der Waals surface area (Å²) >= 11 is 7.60. The number of thiol groups is 2. The topological polar surface area (TPSA) is 63.6 Å². The van der Waals surface area contributed by atoms with E-state index in [2.05, 4.69) is 25.3 Å². The van der Waals surface area contributed by atoms with E-state index in [-0.39, 0.29) is 6.61 Å². The van der Waals surface area contributed by atoms with Crippen molar-refractivity contribution in [3.05, 3.63) is 0 Å². The summed E-state index contributed by atoms with van der Waals surface area (Å²) in [5.41, 5.74) is 0. The largest absolute Gasteiger partial charge is 0.480 e. The Balaban J connectivity index is 3.94. The highest BCUT2D eigenvalue weighted by Gasteiger charge is 2.28. The maximum atomic E-state index is 11.3. The lowest BCUT2D eigenvalue weighted by atomic mass is 10.1. The van der Waals surface area contributed by atoms with Gasteiger partial charge in [-0.05, 0) is 12.3 Å². The van der Waals surface area contributed by atoms with Crippen LogP contribution >= 0.6 is 25.3 Å². The molecule has 0 aromatic rings. The number of hydrogen-bond donors (Lipinski definition) is 3. The fourth-order valence-electron chi connectivity index (χ4n) is 0.745. The highest BCUT2D eigenvalue weighted by Crippen LogP contribution is 2.12. The molecule has 4 nitrogen and oxygen atoms in total. The molecule has 0 saturated heterocycles. The zero-order valence-corrected chi connectivity index (χ0v) is 10.5. The first-order valence-electron chi connectivity index (χ1n) is 4.61. The SMILES string of the molecule is CC(C)CCOC(=O)C(S)C(S)C(=O)O. The van der Waals surface area contributed by atoms with E-state index in [1.165, 1.54) is 0 Å². The molecule has 0 aromatic heterocycles. The molecule has 0 radical (unpaired) electrons. The van der Waals surface area contributed by atoms with Crippen molar-refractivity contribution in [1.29, 1.82) is 0 Å². The second-order valence-corrected chi connectivity index (χ2v) is 4.69. The molecule has 0 saturated carbocycles. The summed E-state index contributed by atoms with van der Waals surface area (Å²) in [6.07, 6.45) is 0.747. The van der Waals surface area contributed by atoms with Crippen molar-refractivity contribution in [3.63, 3.8) is 0 Å². The van der Waals surface area contributed by atoms with E-state index < -0.39 is 22.4 Å². The van der Waals surface area contributed by atoms with E-state index in [1.807, 2.05) is 13.8 Å². The molecule has 6 heteroatoms. The number of hydrogen-bond acceptors (Lipinski definition) is 5. The zero-order valence-electron chi connectivity index (χ0n) is 8.71. The number of carbonyl (C=O) groups excluding carboxylic acids is 1. The number of carboxylic acids is 1. The number of esters is 1. The first-order valence-corrected chi connectivity index (χ1v) is 5.65. The molecular weight excluding hydrogens is 236 g/mol. The maximum Gasteiger partial charge on any atom is 0.320 e. The Morgan fingerprint density at radius 2 is 1.80 bits per heavy atom. The third kappa shape index (κ3) is 5.94. The van der Waals surface area contributed by atoms with Crippen LogP contribution in [0.2, 0.25) is 0 Å². The van der Waals surface area contributed by atoms with Crippen LogP contribution in [0, 0.1) is 5.92 Å². The van der Waals surface area contributed by atoms with Gasteiger partial charge < -0.3 is 9.84 Å². The van der Waals surface area contributed by atoms with E-state index in [0.717, 1.165) is 6.42 Å². The summed E-state index contributed by atoms with van der Waals surface area (Å²) in [7, 11) is 0. The minimum atomic E-state index is -1.18. The molecular formula is C9H16O4S2. The van der Waals surface area contributed by atoms with Gasteiger partial charge in [0.2, 0.25) is 0 Å². The molecule has 0 bridgehead atoms. The zero-order chi connectivity index (χ0) is 12.0. The molecule has 0 rings (SSSR count). The van der Waals surface area contributed by atoms with Gasteiger partial charge in [0, 0.05) is 0 Å². The first-order chi connectivity index (χ1) is 6.86. The van der Waals surface area contributed by atoms with Crippen LogP contribution in [0.15, 0.2) is 0 Å². The predicted octanol–water partition coefficient (Wildman–Crippen LogP) is 1.26. The normalized spacial score (nSPS) is 14.7. The predicted molar refractivity (Wildman–Crippen MR) is 63.6 cm³/mol. The van der Waals surface area contributed by atoms with Crippen molar-refractivity contribution in [2.75, 3.05) is 6.61 Å². The minimum Gasteiger partial charge on any atom is -0.480 e. The second-order valence-electron chi connectivity index (χ2n) is 3.58. The molecule has 2 unspecified atom stereocenters. The Morgan fingerprint density at radius 3 is 2.20 bits per heavy atom. The molecule has 88 valence electrons. The van der Waals surface area contributed by atoms with Crippen LogP contribution in [-0.2, 0) is 14.3 Å². The molecule has 0 aliphatic rings. The Morgan fingerprint density at radius 1 is 1.27 bits per heavy atom. The van der Waals surface area contributed by atoms with Crippen LogP contribution in [-0.4, -0.2) is 34.2 Å². The molecule has 0 fully saturated rings. The minimum absolute atomic E-state index is 0.285. The Bertz CT molecular complexity index is 230. The van der Waals surface area contributed by atoms with Gasteiger partial charge in [0.15, 0.2) is 0 Å². The van der Waals surface area contributed by atoms with E-state index in [1.54, 1.807) is 0 Å². The Kier molecular flexibility index (Phi) is 6.84. The fraction of sp³-hybridized carbons (Fsp3) is 0.778. The molecule has 0 aromatic carbocycles. The number of ether oxygens (including phenoxy) is 1. The van der Waals surface area contributed by atoms with Crippen molar-refractivity contribution < 1.29 is 19.4 Å². The van der Waals surface area contributed by atoms with Gasteiger partial charge in [0.05, 0.1) is 6.61 Å². The van der Waals surface area contributed by atoms with Gasteiger partial charge >= 0.3 is 11.9 Å². The Hall–Kier alpha value is -0.360. The van der Waals surface area contributed by atoms with Gasteiger partial charge in [0.25, 0.3) is 0 Å². The lowest BCUT2D eigenvalue weighted by Crippen LogP contribution is -2.33. The molecule has 1 N–H and O–H groups in total. The van der Waals surface area contributed by atoms with Crippen LogP contribution in [0.5, 0.6) is 0 Å². The average molecular weight is 252 g/mol. The van der Waals surface area contributed by atoms with Crippen LogP contribution in [0.25, 0.3) is 0 Å². The van der Waals surface area contributed by atoms with Crippen LogP contribution in [0.4, 0.5) is 0 Å². The second kappa shape index (κ2) is 7.00. The number of carbonyl (C=O) groups is 2. The van der Waals surface area contributed by atoms with Crippen LogP contribution in [0.3, 0.4) is 0 Å². The summed E-state index contributed by atoms with van der Waals surface area (Å²) < 4.78 is 4.86. The third-order valence-corrected chi connectivity index (χ3v) is 3.00. The van der Waals surface area contributed by atoms with Gasteiger partial charge in [-0.2, -0.15) is 25.3 Å². The smallest absolute Gasteiger partial charge is 0.320 e. The summed E-state index contributed by atoms with van der Waals surface area (Å²) in [5.74, 6) is -1.39. The van der Waals surface area contributed by atoms with Crippen molar-refractivity contribution in [2.24, 2.45) is 5.92 Å².